The predicted molar refractivity (Wildman–Crippen MR) is 120 cm³/mol. The summed E-state index contributed by atoms with van der Waals surface area (Å²) in [4.78, 5) is 27.3. The fourth-order valence-electron chi connectivity index (χ4n) is 4.24. The molecule has 0 spiro atoms. The van der Waals surface area contributed by atoms with Crippen LogP contribution in [0.4, 0.5) is 28.0 Å². The van der Waals surface area contributed by atoms with Crippen molar-refractivity contribution < 1.29 is 44.9 Å². The number of carboxylic acids is 1. The molecule has 4 rings (SSSR count). The van der Waals surface area contributed by atoms with Gasteiger partial charge in [0.2, 0.25) is 0 Å². The van der Waals surface area contributed by atoms with E-state index in [-0.39, 0.29) is 24.2 Å². The van der Waals surface area contributed by atoms with Gasteiger partial charge in [0.1, 0.15) is 5.82 Å². The number of nitrogens with one attached hydrogen (secondary N) is 1. The van der Waals surface area contributed by atoms with Crippen molar-refractivity contribution in [1.29, 1.82) is 0 Å². The largest absolute Gasteiger partial charge is 0.490 e. The number of benzene rings is 1. The molecule has 2 aromatic rings. The van der Waals surface area contributed by atoms with Crippen molar-refractivity contribution in [3.8, 4) is 11.1 Å². The van der Waals surface area contributed by atoms with Gasteiger partial charge < -0.3 is 15.3 Å². The number of pyridine rings is 1. The minimum atomic E-state index is -5.08. The van der Waals surface area contributed by atoms with Gasteiger partial charge in [-0.1, -0.05) is 6.07 Å². The SMILES string of the molecule is Cc1ccc(NC(=O)N2C3CC(OS(C)(=O)=O)CC2C3)cc1-c1cncc(F)c1.O=C(O)C(F)(F)F. The number of fused-ring (bicyclic) bond motifs is 2. The Balaban J connectivity index is 0.000000454. The van der Waals surface area contributed by atoms with Crippen LogP contribution >= 0.6 is 0 Å². The monoisotopic (exact) mass is 533 g/mol. The molecule has 9 nitrogen and oxygen atoms in total. The molecule has 2 aliphatic rings. The fourth-order valence-corrected chi connectivity index (χ4v) is 4.89. The summed E-state index contributed by atoms with van der Waals surface area (Å²) in [5, 5.41) is 10.0. The van der Waals surface area contributed by atoms with Crippen LogP contribution in [0.15, 0.2) is 36.7 Å². The minimum absolute atomic E-state index is 0.0298. The van der Waals surface area contributed by atoms with E-state index in [0.717, 1.165) is 30.0 Å². The zero-order valence-electron chi connectivity index (χ0n) is 19.1. The number of aromatic nitrogens is 1. The van der Waals surface area contributed by atoms with Crippen LogP contribution in [0, 0.1) is 12.7 Å². The van der Waals surface area contributed by atoms with Crippen LogP contribution in [-0.4, -0.2) is 66.0 Å². The van der Waals surface area contributed by atoms with Crippen LogP contribution in [0.2, 0.25) is 0 Å². The van der Waals surface area contributed by atoms with E-state index >= 15 is 0 Å². The number of aliphatic carboxylic acids is 1. The first-order chi connectivity index (χ1) is 16.6. The Morgan fingerprint density at radius 1 is 1.14 bits per heavy atom. The molecule has 2 aliphatic heterocycles. The van der Waals surface area contributed by atoms with E-state index in [1.165, 1.54) is 6.07 Å². The molecule has 0 saturated carbocycles. The van der Waals surface area contributed by atoms with Crippen molar-refractivity contribution in [2.45, 2.75) is 50.6 Å². The first kappa shape index (κ1) is 27.3. The summed E-state index contributed by atoms with van der Waals surface area (Å²) < 4.78 is 73.0. The number of nitrogens with zero attached hydrogens (tertiary/aromatic N) is 2. The van der Waals surface area contributed by atoms with Crippen LogP contribution < -0.4 is 5.32 Å². The van der Waals surface area contributed by atoms with Crippen LogP contribution in [0.1, 0.15) is 24.8 Å². The average Bonchev–Trinajstić information content (AvgIpc) is 2.73. The van der Waals surface area contributed by atoms with Gasteiger partial charge in [-0.15, -0.1) is 0 Å². The summed E-state index contributed by atoms with van der Waals surface area (Å²) in [6.45, 7) is 1.91. The summed E-state index contributed by atoms with van der Waals surface area (Å²) in [5.41, 5.74) is 2.98. The Morgan fingerprint density at radius 2 is 1.75 bits per heavy atom. The van der Waals surface area contributed by atoms with Gasteiger partial charge in [0.25, 0.3) is 10.1 Å². The predicted octanol–water partition coefficient (Wildman–Crippen LogP) is 3.94. The van der Waals surface area contributed by atoms with Crippen LogP contribution in [0.3, 0.4) is 0 Å². The van der Waals surface area contributed by atoms with Gasteiger partial charge in [0.15, 0.2) is 0 Å². The van der Waals surface area contributed by atoms with Gasteiger partial charge in [-0.2, -0.15) is 21.6 Å². The number of hydrogen-bond donors (Lipinski definition) is 2. The Morgan fingerprint density at radius 3 is 2.28 bits per heavy atom. The number of hydrogen-bond acceptors (Lipinski definition) is 6. The molecular formula is C22H23F4N3O6S. The third-order valence-corrected chi connectivity index (χ3v) is 6.32. The van der Waals surface area contributed by atoms with E-state index in [4.69, 9.17) is 14.1 Å². The maximum Gasteiger partial charge on any atom is 0.490 e. The van der Waals surface area contributed by atoms with Gasteiger partial charge in [-0.25, -0.2) is 14.0 Å². The second-order valence-corrected chi connectivity index (χ2v) is 10.1. The second-order valence-electron chi connectivity index (χ2n) is 8.50. The lowest BCUT2D eigenvalue weighted by Gasteiger charge is -2.54. The van der Waals surface area contributed by atoms with Gasteiger partial charge in [0, 0.05) is 29.5 Å². The van der Waals surface area contributed by atoms with Crippen LogP contribution in [0.5, 0.6) is 0 Å². The number of halogens is 4. The fraction of sp³-hybridized carbons (Fsp3) is 0.409. The zero-order valence-corrected chi connectivity index (χ0v) is 19.9. The number of carbonyl (C=O) groups is 2. The molecule has 2 saturated heterocycles. The standard InChI is InChI=1S/C20H22FN3O4S.C2HF3O2/c1-12-3-4-15(6-19(12)13-5-14(21)11-22-10-13)23-20(25)24-16-7-17(24)9-18(8-16)28-29(2,26)27;3-2(4,5)1(6)7/h3-6,10-11,16-18H,7-9H2,1-2H3,(H,23,25);(H,6,7). The number of rotatable bonds is 4. The number of alkyl halides is 3. The number of anilines is 1. The summed E-state index contributed by atoms with van der Waals surface area (Å²) in [5.74, 6) is -3.18. The van der Waals surface area contributed by atoms with Gasteiger partial charge in [-0.05, 0) is 55.5 Å². The molecule has 2 bridgehead atoms. The van der Waals surface area contributed by atoms with E-state index in [2.05, 4.69) is 10.3 Å². The highest BCUT2D eigenvalue weighted by Gasteiger charge is 2.49. The molecule has 0 radical (unpaired) electrons. The maximum absolute atomic E-state index is 13.5. The quantitative estimate of drug-likeness (QED) is 0.450. The molecule has 2 amide bonds. The molecule has 2 N–H and O–H groups in total. The Bertz CT molecular complexity index is 1240. The summed E-state index contributed by atoms with van der Waals surface area (Å²) >= 11 is 0. The summed E-state index contributed by atoms with van der Waals surface area (Å²) in [6, 6.07) is 6.58. The number of urea groups is 1. The third kappa shape index (κ3) is 6.91. The average molecular weight is 534 g/mol. The second kappa shape index (κ2) is 10.4. The number of piperidine rings is 1. The van der Waals surface area contributed by atoms with Crippen molar-refractivity contribution in [3.05, 3.63) is 48.0 Å². The van der Waals surface area contributed by atoms with Gasteiger partial charge >= 0.3 is 18.2 Å². The van der Waals surface area contributed by atoms with Crippen molar-refractivity contribution in [1.82, 2.24) is 9.88 Å². The first-order valence-corrected chi connectivity index (χ1v) is 12.4. The molecule has 2 fully saturated rings. The highest BCUT2D eigenvalue weighted by Crippen LogP contribution is 2.40. The molecule has 196 valence electrons. The number of amides is 2. The third-order valence-electron chi connectivity index (χ3n) is 5.69. The van der Waals surface area contributed by atoms with Gasteiger partial charge in [0.05, 0.1) is 18.6 Å². The molecule has 1 aromatic carbocycles. The molecule has 3 heterocycles. The van der Waals surface area contributed by atoms with E-state index in [9.17, 15) is 30.8 Å². The molecule has 0 aliphatic carbocycles. The van der Waals surface area contributed by atoms with Crippen molar-refractivity contribution in [2.24, 2.45) is 0 Å². The summed E-state index contributed by atoms with van der Waals surface area (Å²) in [6.07, 6.45) is 0.179. The van der Waals surface area contributed by atoms with Crippen molar-refractivity contribution >= 4 is 27.8 Å². The topological polar surface area (TPSA) is 126 Å². The van der Waals surface area contributed by atoms with Crippen molar-refractivity contribution in [3.63, 3.8) is 0 Å². The van der Waals surface area contributed by atoms with E-state index in [1.807, 2.05) is 13.0 Å². The smallest absolute Gasteiger partial charge is 0.475 e. The highest BCUT2D eigenvalue weighted by molar-refractivity contribution is 7.86. The molecular weight excluding hydrogens is 510 g/mol. The normalized spacial score (nSPS) is 21.1. The Labute approximate surface area is 204 Å². The molecule has 2 unspecified atom stereocenters. The highest BCUT2D eigenvalue weighted by atomic mass is 32.2. The number of carboxylic acid groups (broad SMARTS) is 1. The summed E-state index contributed by atoms with van der Waals surface area (Å²) in [7, 11) is -3.50. The van der Waals surface area contributed by atoms with E-state index in [0.29, 0.717) is 24.1 Å². The van der Waals surface area contributed by atoms with E-state index in [1.54, 1.807) is 23.2 Å². The Kier molecular flexibility index (Phi) is 7.88. The van der Waals surface area contributed by atoms with Crippen molar-refractivity contribution in [2.75, 3.05) is 11.6 Å². The first-order valence-electron chi connectivity index (χ1n) is 10.6. The Hall–Kier alpha value is -3.26. The lowest BCUT2D eigenvalue weighted by atomic mass is 9.78. The lowest BCUT2D eigenvalue weighted by Crippen LogP contribution is -2.65. The molecule has 1 aromatic heterocycles. The number of carbonyl (C=O) groups excluding carboxylic acids is 1. The molecule has 2 atom stereocenters. The van der Waals surface area contributed by atoms with E-state index < -0.39 is 28.1 Å². The number of aryl methyl sites for hydroxylation is 1. The lowest BCUT2D eigenvalue weighted by molar-refractivity contribution is -0.192. The van der Waals surface area contributed by atoms with Gasteiger partial charge in [-0.3, -0.25) is 9.17 Å². The van der Waals surface area contributed by atoms with Crippen LogP contribution in [-0.2, 0) is 19.1 Å². The minimum Gasteiger partial charge on any atom is -0.475 e. The molecule has 14 heteroatoms. The maximum atomic E-state index is 13.5. The molecule has 36 heavy (non-hydrogen) atoms. The van der Waals surface area contributed by atoms with Crippen LogP contribution in [0.25, 0.3) is 11.1 Å². The zero-order chi connectivity index (χ0) is 26.8.